The van der Waals surface area contributed by atoms with Crippen LogP contribution < -0.4 is 21.3 Å². The number of hydrogen-bond acceptors (Lipinski definition) is 6. The largest absolute Gasteiger partial charge is 0.368 e. The minimum Gasteiger partial charge on any atom is -0.368 e. The third-order valence-electron chi connectivity index (χ3n) is 5.63. The topological polar surface area (TPSA) is 125 Å². The highest BCUT2D eigenvalue weighted by Gasteiger charge is 2.29. The number of anilines is 3. The lowest BCUT2D eigenvalue weighted by molar-refractivity contribution is 0.245. The van der Waals surface area contributed by atoms with Gasteiger partial charge in [-0.2, -0.15) is 15.1 Å². The fraction of sp³-hybridized carbons (Fsp3) is 0.217. The summed E-state index contributed by atoms with van der Waals surface area (Å²) < 4.78 is 0. The summed E-state index contributed by atoms with van der Waals surface area (Å²) >= 11 is 0. The molecule has 0 saturated carbocycles. The van der Waals surface area contributed by atoms with Crippen LogP contribution in [0.1, 0.15) is 16.7 Å². The number of nitrogens with zero attached hydrogens (tertiary/aromatic N) is 4. The van der Waals surface area contributed by atoms with Gasteiger partial charge in [-0.1, -0.05) is 48.0 Å². The molecule has 0 saturated heterocycles. The molecular weight excluding hydrogens is 404 g/mol. The van der Waals surface area contributed by atoms with Gasteiger partial charge in [0.1, 0.15) is 5.82 Å². The minimum atomic E-state index is -0.139. The Bertz CT molecular complexity index is 1270. The van der Waals surface area contributed by atoms with E-state index in [-0.39, 0.29) is 18.0 Å². The summed E-state index contributed by atoms with van der Waals surface area (Å²) in [7, 11) is 0. The monoisotopic (exact) mass is 428 g/mol. The Hall–Kier alpha value is -4.14. The number of aryl methyl sites for hydroxylation is 1. The van der Waals surface area contributed by atoms with Crippen molar-refractivity contribution in [2.75, 3.05) is 22.5 Å². The van der Waals surface area contributed by atoms with E-state index in [0.29, 0.717) is 24.6 Å². The van der Waals surface area contributed by atoms with E-state index in [9.17, 15) is 4.79 Å². The van der Waals surface area contributed by atoms with Crippen molar-refractivity contribution in [1.29, 1.82) is 0 Å². The number of nitrogen functional groups attached to an aromatic ring is 1. The molecule has 4 aromatic rings. The molecule has 0 fully saturated rings. The van der Waals surface area contributed by atoms with Gasteiger partial charge in [0.15, 0.2) is 5.65 Å². The van der Waals surface area contributed by atoms with Crippen molar-refractivity contribution in [3.8, 4) is 0 Å². The molecular formula is C23H24N8O. The van der Waals surface area contributed by atoms with E-state index in [1.54, 1.807) is 11.1 Å². The molecule has 0 radical (unpaired) electrons. The average Bonchev–Trinajstić information content (AvgIpc) is 3.26. The number of rotatable bonds is 4. The van der Waals surface area contributed by atoms with Gasteiger partial charge in [0.2, 0.25) is 5.95 Å². The molecule has 9 heteroatoms. The lowest BCUT2D eigenvalue weighted by atomic mass is 9.98. The van der Waals surface area contributed by atoms with E-state index in [4.69, 9.17) is 5.73 Å². The van der Waals surface area contributed by atoms with Crippen molar-refractivity contribution < 1.29 is 4.79 Å². The third-order valence-corrected chi connectivity index (χ3v) is 5.63. The lowest BCUT2D eigenvalue weighted by Gasteiger charge is -2.35. The van der Waals surface area contributed by atoms with Crippen LogP contribution in [0.5, 0.6) is 0 Å². The smallest absolute Gasteiger partial charge is 0.322 e. The second-order valence-electron chi connectivity index (χ2n) is 7.99. The summed E-state index contributed by atoms with van der Waals surface area (Å²) in [5.74, 6) is 0.763. The minimum absolute atomic E-state index is 0.0533. The summed E-state index contributed by atoms with van der Waals surface area (Å²) in [6.07, 6.45) is 2.42. The molecule has 1 aliphatic rings. The zero-order valence-corrected chi connectivity index (χ0v) is 17.7. The maximum atomic E-state index is 13.2. The van der Waals surface area contributed by atoms with Crippen LogP contribution in [0.25, 0.3) is 11.0 Å². The lowest BCUT2D eigenvalue weighted by Crippen LogP contribution is -2.49. The Kier molecular flexibility index (Phi) is 5.06. The van der Waals surface area contributed by atoms with Crippen molar-refractivity contribution >= 4 is 34.5 Å². The van der Waals surface area contributed by atoms with Crippen LogP contribution in [0.3, 0.4) is 0 Å². The third kappa shape index (κ3) is 3.92. The Morgan fingerprint density at radius 1 is 1.19 bits per heavy atom. The van der Waals surface area contributed by atoms with E-state index < -0.39 is 0 Å². The fourth-order valence-corrected chi connectivity index (χ4v) is 4.02. The molecule has 0 aliphatic carbocycles. The first-order valence-corrected chi connectivity index (χ1v) is 10.5. The summed E-state index contributed by atoms with van der Waals surface area (Å²) in [6.45, 7) is 3.00. The fourth-order valence-electron chi connectivity index (χ4n) is 4.02. The number of aromatic amines is 1. The number of aromatic nitrogens is 4. The number of amides is 2. The molecule has 5 rings (SSSR count). The van der Waals surface area contributed by atoms with Crippen molar-refractivity contribution in [2.24, 2.45) is 0 Å². The Labute approximate surface area is 185 Å². The van der Waals surface area contributed by atoms with Crippen molar-refractivity contribution in [2.45, 2.75) is 25.9 Å². The van der Waals surface area contributed by atoms with Crippen molar-refractivity contribution in [3.63, 3.8) is 0 Å². The molecule has 1 atom stereocenters. The molecule has 5 N–H and O–H groups in total. The van der Waals surface area contributed by atoms with Gasteiger partial charge in [-0.05, 0) is 30.5 Å². The molecule has 2 aromatic heterocycles. The van der Waals surface area contributed by atoms with Crippen LogP contribution in [0.4, 0.5) is 22.2 Å². The van der Waals surface area contributed by atoms with Crippen LogP contribution in [0.2, 0.25) is 0 Å². The number of H-pyrrole nitrogens is 1. The first-order chi connectivity index (χ1) is 15.6. The van der Waals surface area contributed by atoms with E-state index in [2.05, 4.69) is 30.8 Å². The van der Waals surface area contributed by atoms with Crippen molar-refractivity contribution in [1.82, 2.24) is 25.5 Å². The molecule has 9 nitrogen and oxygen atoms in total. The Balaban J connectivity index is 1.37. The Morgan fingerprint density at radius 3 is 2.84 bits per heavy atom. The molecule has 32 heavy (non-hydrogen) atoms. The van der Waals surface area contributed by atoms with Gasteiger partial charge in [0.25, 0.3) is 0 Å². The standard InChI is InChI=1S/C23H24N8O/c1-14-6-8-15(9-7-14)11-25-23(32)31-13-17(10-16-4-2-3-5-19(16)31)27-20-18-12-26-30-21(18)29-22(24)28-20/h2-9,12,17H,10-11,13H2,1H3,(H,25,32)(H4,24,26,27,28,29,30). The molecule has 3 heterocycles. The summed E-state index contributed by atoms with van der Waals surface area (Å²) in [4.78, 5) is 23.4. The average molecular weight is 429 g/mol. The highest BCUT2D eigenvalue weighted by molar-refractivity contribution is 5.94. The van der Waals surface area contributed by atoms with E-state index in [1.165, 1.54) is 5.56 Å². The number of carbonyl (C=O) groups excluding carboxylic acids is 1. The molecule has 162 valence electrons. The molecule has 2 amide bonds. The second kappa shape index (κ2) is 8.18. The summed E-state index contributed by atoms with van der Waals surface area (Å²) in [5, 5.41) is 14.1. The van der Waals surface area contributed by atoms with Crippen LogP contribution in [-0.2, 0) is 13.0 Å². The number of hydrogen-bond donors (Lipinski definition) is 4. The van der Waals surface area contributed by atoms with Crippen LogP contribution in [0.15, 0.2) is 54.7 Å². The number of nitrogens with one attached hydrogen (secondary N) is 3. The van der Waals surface area contributed by atoms with Gasteiger partial charge < -0.3 is 16.4 Å². The number of urea groups is 1. The highest BCUT2D eigenvalue weighted by Crippen LogP contribution is 2.29. The van der Waals surface area contributed by atoms with Crippen LogP contribution in [-0.4, -0.2) is 38.8 Å². The molecule has 1 unspecified atom stereocenters. The second-order valence-corrected chi connectivity index (χ2v) is 7.99. The number of nitrogens with two attached hydrogens (primary N) is 1. The van der Waals surface area contributed by atoms with Gasteiger partial charge in [0, 0.05) is 24.8 Å². The van der Waals surface area contributed by atoms with Gasteiger partial charge >= 0.3 is 6.03 Å². The Morgan fingerprint density at radius 2 is 2.00 bits per heavy atom. The first-order valence-electron chi connectivity index (χ1n) is 10.5. The van der Waals surface area contributed by atoms with E-state index in [0.717, 1.165) is 28.6 Å². The quantitative estimate of drug-likeness (QED) is 0.396. The predicted octanol–water partition coefficient (Wildman–Crippen LogP) is 3.00. The maximum Gasteiger partial charge on any atom is 0.322 e. The molecule has 1 aliphatic heterocycles. The van der Waals surface area contributed by atoms with E-state index >= 15 is 0 Å². The summed E-state index contributed by atoms with van der Waals surface area (Å²) in [6, 6.07) is 15.9. The van der Waals surface area contributed by atoms with Gasteiger partial charge in [-0.25, -0.2) is 4.79 Å². The zero-order chi connectivity index (χ0) is 22.1. The SMILES string of the molecule is Cc1ccc(CNC(=O)N2CC(Nc3nc(N)nc4[nH]ncc34)Cc3ccccc32)cc1. The molecule has 2 aromatic carbocycles. The number of para-hydroxylation sites is 1. The predicted molar refractivity (Wildman–Crippen MR) is 124 cm³/mol. The molecule has 0 spiro atoms. The maximum absolute atomic E-state index is 13.2. The number of fused-ring (bicyclic) bond motifs is 2. The van der Waals surface area contributed by atoms with Gasteiger partial charge in [0.05, 0.1) is 11.6 Å². The zero-order valence-electron chi connectivity index (χ0n) is 17.7. The number of benzene rings is 2. The van der Waals surface area contributed by atoms with Crippen LogP contribution in [0, 0.1) is 6.92 Å². The van der Waals surface area contributed by atoms with Crippen molar-refractivity contribution in [3.05, 3.63) is 71.4 Å². The van der Waals surface area contributed by atoms with Gasteiger partial charge in [-0.15, -0.1) is 0 Å². The van der Waals surface area contributed by atoms with Gasteiger partial charge in [-0.3, -0.25) is 10.00 Å². The highest BCUT2D eigenvalue weighted by atomic mass is 16.2. The number of carbonyl (C=O) groups is 1. The van der Waals surface area contributed by atoms with E-state index in [1.807, 2.05) is 55.5 Å². The first kappa shape index (κ1) is 19.8. The normalized spacial score (nSPS) is 15.4. The summed E-state index contributed by atoms with van der Waals surface area (Å²) in [5.41, 5.74) is 10.7. The molecule has 0 bridgehead atoms. The van der Waals surface area contributed by atoms with Crippen LogP contribution >= 0.6 is 0 Å².